The summed E-state index contributed by atoms with van der Waals surface area (Å²) in [5, 5.41) is 2.16. The summed E-state index contributed by atoms with van der Waals surface area (Å²) in [5.74, 6) is -0.471. The quantitative estimate of drug-likeness (QED) is 0.395. The number of carbonyl (C=O) groups excluding carboxylic acids is 3. The van der Waals surface area contributed by atoms with Gasteiger partial charge in [0.2, 0.25) is 6.08 Å². The van der Waals surface area contributed by atoms with Crippen LogP contribution in [-0.4, -0.2) is 38.0 Å². The molecule has 7 nitrogen and oxygen atoms in total. The smallest absolute Gasteiger partial charge is 0.408 e. The van der Waals surface area contributed by atoms with Gasteiger partial charge < -0.3 is 14.8 Å². The number of methoxy groups -OCH3 is 1. The van der Waals surface area contributed by atoms with Crippen LogP contribution in [0.1, 0.15) is 13.3 Å². The van der Waals surface area contributed by atoms with Crippen LogP contribution in [0, 0.1) is 0 Å². The first kappa shape index (κ1) is 13.1. The lowest BCUT2D eigenvalue weighted by molar-refractivity contribution is -0.142. The van der Waals surface area contributed by atoms with Crippen molar-refractivity contribution in [2.75, 3.05) is 13.8 Å². The summed E-state index contributed by atoms with van der Waals surface area (Å²) in [6, 6.07) is 0. The van der Waals surface area contributed by atoms with Gasteiger partial charge in [0.25, 0.3) is 0 Å². The SMILES string of the molecule is COC(=O)CC(C)OC(=O)NCN=C=O. The first-order valence-corrected chi connectivity index (χ1v) is 4.15. The molecule has 0 aromatic carbocycles. The van der Waals surface area contributed by atoms with Crippen molar-refractivity contribution in [3.8, 4) is 0 Å². The van der Waals surface area contributed by atoms with Crippen LogP contribution in [0.15, 0.2) is 4.99 Å². The highest BCUT2D eigenvalue weighted by Crippen LogP contribution is 1.98. The van der Waals surface area contributed by atoms with Crippen molar-refractivity contribution in [1.29, 1.82) is 0 Å². The fourth-order valence-corrected chi connectivity index (χ4v) is 0.720. The number of hydrogen-bond acceptors (Lipinski definition) is 6. The Morgan fingerprint density at radius 2 is 2.20 bits per heavy atom. The number of carbonyl (C=O) groups is 2. The first-order chi connectivity index (χ1) is 7.10. The van der Waals surface area contributed by atoms with Crippen LogP contribution in [0.4, 0.5) is 4.79 Å². The van der Waals surface area contributed by atoms with Crippen LogP contribution >= 0.6 is 0 Å². The fraction of sp³-hybridized carbons (Fsp3) is 0.625. The maximum absolute atomic E-state index is 10.9. The van der Waals surface area contributed by atoms with Gasteiger partial charge in [-0.05, 0) is 6.92 Å². The minimum atomic E-state index is -0.759. The molecular formula is C8H12N2O5. The van der Waals surface area contributed by atoms with E-state index in [2.05, 4.69) is 15.0 Å². The van der Waals surface area contributed by atoms with E-state index in [1.807, 2.05) is 0 Å². The van der Waals surface area contributed by atoms with Crippen molar-refractivity contribution in [2.45, 2.75) is 19.4 Å². The molecule has 1 unspecified atom stereocenters. The highest BCUT2D eigenvalue weighted by molar-refractivity contribution is 5.71. The van der Waals surface area contributed by atoms with Crippen LogP contribution in [0.25, 0.3) is 0 Å². The standard InChI is InChI=1S/C8H12N2O5/c1-6(3-7(12)14-2)15-8(13)10-4-9-5-11/h6H,3-4H2,1-2H3,(H,10,13). The Labute approximate surface area is 86.5 Å². The highest BCUT2D eigenvalue weighted by atomic mass is 16.6. The number of hydrogen-bond donors (Lipinski definition) is 1. The van der Waals surface area contributed by atoms with Crippen LogP contribution in [0.2, 0.25) is 0 Å². The van der Waals surface area contributed by atoms with Crippen molar-refractivity contribution < 1.29 is 23.9 Å². The molecule has 0 aromatic rings. The molecule has 0 saturated carbocycles. The maximum Gasteiger partial charge on any atom is 0.408 e. The van der Waals surface area contributed by atoms with E-state index < -0.39 is 18.2 Å². The summed E-state index contributed by atoms with van der Waals surface area (Å²) in [6.07, 6.45) is -0.137. The van der Waals surface area contributed by atoms with E-state index in [0.717, 1.165) is 0 Å². The lowest BCUT2D eigenvalue weighted by atomic mass is 10.3. The summed E-state index contributed by atoms with van der Waals surface area (Å²) in [5.41, 5.74) is 0. The van der Waals surface area contributed by atoms with E-state index in [9.17, 15) is 14.4 Å². The molecule has 0 fully saturated rings. The Hall–Kier alpha value is -1.88. The molecule has 0 bridgehead atoms. The summed E-state index contributed by atoms with van der Waals surface area (Å²) in [7, 11) is 1.24. The lowest BCUT2D eigenvalue weighted by Gasteiger charge is -2.11. The van der Waals surface area contributed by atoms with Crippen molar-refractivity contribution in [3.63, 3.8) is 0 Å². The van der Waals surface area contributed by atoms with Crippen molar-refractivity contribution in [3.05, 3.63) is 0 Å². The number of amides is 1. The molecule has 1 atom stereocenters. The molecule has 0 rings (SSSR count). The summed E-state index contributed by atoms with van der Waals surface area (Å²) >= 11 is 0. The molecule has 1 amide bonds. The van der Waals surface area contributed by atoms with Crippen LogP contribution in [0.3, 0.4) is 0 Å². The molecule has 15 heavy (non-hydrogen) atoms. The average molecular weight is 216 g/mol. The third-order valence-electron chi connectivity index (χ3n) is 1.36. The molecule has 1 N–H and O–H groups in total. The number of nitrogens with zero attached hydrogens (tertiary/aromatic N) is 1. The van der Waals surface area contributed by atoms with E-state index in [0.29, 0.717) is 0 Å². The van der Waals surface area contributed by atoms with E-state index in [1.54, 1.807) is 6.92 Å². The zero-order chi connectivity index (χ0) is 11.7. The van der Waals surface area contributed by atoms with Gasteiger partial charge in [0.15, 0.2) is 0 Å². The predicted octanol–water partition coefficient (Wildman–Crippen LogP) is -0.0425. The second-order valence-corrected chi connectivity index (χ2v) is 2.58. The van der Waals surface area contributed by atoms with Crippen LogP contribution < -0.4 is 5.32 Å². The maximum atomic E-state index is 10.9. The molecule has 0 aromatic heterocycles. The number of isocyanates is 1. The molecule has 0 radical (unpaired) electrons. The van der Waals surface area contributed by atoms with Crippen molar-refractivity contribution in [1.82, 2.24) is 5.32 Å². The average Bonchev–Trinajstić information content (AvgIpc) is 2.17. The Morgan fingerprint density at radius 1 is 1.53 bits per heavy atom. The first-order valence-electron chi connectivity index (χ1n) is 4.15. The molecule has 7 heteroatoms. The zero-order valence-electron chi connectivity index (χ0n) is 8.48. The normalized spacial score (nSPS) is 10.8. The molecule has 0 saturated heterocycles. The third kappa shape index (κ3) is 7.21. The predicted molar refractivity (Wildman–Crippen MR) is 48.7 cm³/mol. The molecule has 0 aliphatic carbocycles. The van der Waals surface area contributed by atoms with Gasteiger partial charge in [-0.15, -0.1) is 0 Å². The third-order valence-corrected chi connectivity index (χ3v) is 1.36. The zero-order valence-corrected chi connectivity index (χ0v) is 8.48. The van der Waals surface area contributed by atoms with Gasteiger partial charge in [0.1, 0.15) is 12.8 Å². The molecule has 0 aliphatic heterocycles. The topological polar surface area (TPSA) is 94.1 Å². The van der Waals surface area contributed by atoms with Gasteiger partial charge in [0.05, 0.1) is 13.5 Å². The van der Waals surface area contributed by atoms with Crippen molar-refractivity contribution >= 4 is 18.1 Å². The molecule has 0 heterocycles. The van der Waals surface area contributed by atoms with E-state index in [-0.39, 0.29) is 13.1 Å². The molecule has 84 valence electrons. The summed E-state index contributed by atoms with van der Waals surface area (Å²) in [4.78, 5) is 34.4. The largest absolute Gasteiger partial charge is 0.469 e. The number of rotatable bonds is 5. The number of nitrogens with one attached hydrogen (secondary N) is 1. The second kappa shape index (κ2) is 7.52. The van der Waals surface area contributed by atoms with Crippen LogP contribution in [-0.2, 0) is 19.1 Å². The van der Waals surface area contributed by atoms with Crippen molar-refractivity contribution in [2.24, 2.45) is 4.99 Å². The minimum absolute atomic E-state index is 0.0269. The van der Waals surface area contributed by atoms with E-state index in [1.165, 1.54) is 13.2 Å². The summed E-state index contributed by atoms with van der Waals surface area (Å²) < 4.78 is 9.11. The number of esters is 1. The molecular weight excluding hydrogens is 204 g/mol. The van der Waals surface area contributed by atoms with Gasteiger partial charge in [-0.2, -0.15) is 4.99 Å². The minimum Gasteiger partial charge on any atom is -0.469 e. The molecule has 0 spiro atoms. The Balaban J connectivity index is 3.75. The van der Waals surface area contributed by atoms with E-state index >= 15 is 0 Å². The fourth-order valence-electron chi connectivity index (χ4n) is 0.720. The monoisotopic (exact) mass is 216 g/mol. The van der Waals surface area contributed by atoms with Gasteiger partial charge in [-0.25, -0.2) is 9.59 Å². The van der Waals surface area contributed by atoms with Crippen LogP contribution in [0.5, 0.6) is 0 Å². The second-order valence-electron chi connectivity index (χ2n) is 2.58. The van der Waals surface area contributed by atoms with Gasteiger partial charge in [-0.1, -0.05) is 0 Å². The molecule has 0 aliphatic rings. The van der Waals surface area contributed by atoms with Gasteiger partial charge in [0, 0.05) is 0 Å². The highest BCUT2D eigenvalue weighted by Gasteiger charge is 2.13. The number of alkyl carbamates (subject to hydrolysis) is 1. The lowest BCUT2D eigenvalue weighted by Crippen LogP contribution is -2.29. The van der Waals surface area contributed by atoms with E-state index in [4.69, 9.17) is 4.74 Å². The Morgan fingerprint density at radius 3 is 2.73 bits per heavy atom. The van der Waals surface area contributed by atoms with Gasteiger partial charge in [-0.3, -0.25) is 4.79 Å². The Kier molecular flexibility index (Phi) is 6.57. The van der Waals surface area contributed by atoms with Gasteiger partial charge >= 0.3 is 12.1 Å². The number of aliphatic imine (C=N–C) groups is 1. The Bertz CT molecular complexity index is 272. The number of ether oxygens (including phenoxy) is 2. The summed E-state index contributed by atoms with van der Waals surface area (Å²) in [6.45, 7) is 1.34.